The lowest BCUT2D eigenvalue weighted by atomic mass is 9.42. The predicted molar refractivity (Wildman–Crippen MR) is 139 cm³/mol. The van der Waals surface area contributed by atoms with Crippen LogP contribution in [0, 0.1) is 45.9 Å². The van der Waals surface area contributed by atoms with Gasteiger partial charge in [0.25, 0.3) is 0 Å². The molecule has 6 rings (SSSR count). The Balaban J connectivity index is 1.21. The Kier molecular flexibility index (Phi) is 6.07. The maximum atomic E-state index is 13.6. The highest BCUT2D eigenvalue weighted by Crippen LogP contribution is 2.71. The number of pyridine rings is 1. The summed E-state index contributed by atoms with van der Waals surface area (Å²) in [5.41, 5.74) is -0.0473. The molecule has 0 bridgehead atoms. The van der Waals surface area contributed by atoms with Crippen LogP contribution in [0.25, 0.3) is 10.9 Å². The topological polar surface area (TPSA) is 77.2 Å². The van der Waals surface area contributed by atoms with Crippen molar-refractivity contribution in [2.45, 2.75) is 90.2 Å². The molecule has 2 aromatic rings. The largest absolute Gasteiger partial charge is 0.387 e. The summed E-state index contributed by atoms with van der Waals surface area (Å²) < 4.78 is 20.8. The van der Waals surface area contributed by atoms with E-state index in [0.29, 0.717) is 42.3 Å². The molecule has 4 aliphatic carbocycles. The van der Waals surface area contributed by atoms with Gasteiger partial charge in [0.2, 0.25) is 5.95 Å². The highest BCUT2D eigenvalue weighted by Gasteiger charge is 2.65. The highest BCUT2D eigenvalue weighted by atomic mass is 19.1. The van der Waals surface area contributed by atoms with E-state index in [1.807, 2.05) is 10.9 Å². The van der Waals surface area contributed by atoms with E-state index in [1.54, 1.807) is 7.11 Å². The first-order valence-corrected chi connectivity index (χ1v) is 14.3. The summed E-state index contributed by atoms with van der Waals surface area (Å²) in [5.74, 6) is 1.97. The van der Waals surface area contributed by atoms with Crippen molar-refractivity contribution in [1.82, 2.24) is 14.8 Å². The van der Waals surface area contributed by atoms with Gasteiger partial charge in [0, 0.05) is 36.7 Å². The van der Waals surface area contributed by atoms with Crippen molar-refractivity contribution in [3.8, 4) is 0 Å². The molecule has 0 saturated heterocycles. The lowest BCUT2D eigenvalue weighted by molar-refractivity contribution is -0.169. The summed E-state index contributed by atoms with van der Waals surface area (Å²) in [5, 5.41) is 16.5. The van der Waals surface area contributed by atoms with Crippen molar-refractivity contribution >= 4 is 17.2 Å². The minimum atomic E-state index is -0.673. The number of methoxy groups -OCH3 is 1. The van der Waals surface area contributed by atoms with Gasteiger partial charge in [0.1, 0.15) is 11.8 Å². The van der Waals surface area contributed by atoms with E-state index in [4.69, 9.17) is 4.74 Å². The van der Waals surface area contributed by atoms with Crippen molar-refractivity contribution in [2.75, 3.05) is 13.7 Å². The number of aryl methyl sites for hydroxylation is 1. The molecule has 7 heteroatoms. The van der Waals surface area contributed by atoms with Crippen molar-refractivity contribution in [2.24, 2.45) is 39.9 Å². The molecule has 0 unspecified atom stereocenters. The van der Waals surface area contributed by atoms with Gasteiger partial charge < -0.3 is 14.6 Å². The summed E-state index contributed by atoms with van der Waals surface area (Å²) in [6.45, 7) is 6.00. The number of rotatable bonds is 6. The lowest BCUT2D eigenvalue weighted by Crippen LogP contribution is -2.57. The number of hydrogen-bond donors (Lipinski definition) is 1. The number of aliphatic hydroxyl groups is 1. The molecule has 0 spiro atoms. The number of halogens is 1. The minimum Gasteiger partial charge on any atom is -0.387 e. The molecule has 37 heavy (non-hydrogen) atoms. The third-order valence-corrected chi connectivity index (χ3v) is 12.1. The summed E-state index contributed by atoms with van der Waals surface area (Å²) >= 11 is 0. The van der Waals surface area contributed by atoms with Crippen LogP contribution in [0.2, 0.25) is 0 Å². The molecule has 0 radical (unpaired) electrons. The molecule has 0 aromatic carbocycles. The molecule has 4 saturated carbocycles. The monoisotopic (exact) mass is 511 g/mol. The Morgan fingerprint density at radius 1 is 1.16 bits per heavy atom. The van der Waals surface area contributed by atoms with Crippen molar-refractivity contribution in [3.05, 3.63) is 24.4 Å². The van der Waals surface area contributed by atoms with Gasteiger partial charge in [-0.15, -0.1) is 0 Å². The molecule has 4 aliphatic rings. The molecular weight excluding hydrogens is 469 g/mol. The van der Waals surface area contributed by atoms with Crippen LogP contribution in [0.4, 0.5) is 4.39 Å². The first-order chi connectivity index (χ1) is 17.7. The van der Waals surface area contributed by atoms with Gasteiger partial charge in [0.15, 0.2) is 0 Å². The van der Waals surface area contributed by atoms with Gasteiger partial charge in [-0.2, -0.15) is 9.49 Å². The number of nitrogens with zero attached hydrogens (tertiary/aromatic N) is 3. The quantitative estimate of drug-likeness (QED) is 0.406. The van der Waals surface area contributed by atoms with Gasteiger partial charge in [-0.25, -0.2) is 4.98 Å². The smallest absolute Gasteiger partial charge is 0.213 e. The van der Waals surface area contributed by atoms with Crippen molar-refractivity contribution in [3.63, 3.8) is 0 Å². The van der Waals surface area contributed by atoms with Gasteiger partial charge >= 0.3 is 0 Å². The summed E-state index contributed by atoms with van der Waals surface area (Å²) in [6.07, 6.45) is 14.9. The van der Waals surface area contributed by atoms with E-state index in [2.05, 4.69) is 23.9 Å². The summed E-state index contributed by atoms with van der Waals surface area (Å²) in [7, 11) is 1.69. The first-order valence-electron chi connectivity index (χ1n) is 14.3. The van der Waals surface area contributed by atoms with Crippen LogP contribution in [-0.2, 0) is 16.1 Å². The van der Waals surface area contributed by atoms with Crippen LogP contribution in [0.15, 0.2) is 18.5 Å². The molecule has 2 aromatic heterocycles. The number of fused-ring (bicyclic) bond motifs is 6. The second-order valence-electron chi connectivity index (χ2n) is 13.5. The molecule has 0 aliphatic heterocycles. The molecular formula is C30H42FN3O3. The molecule has 1 N–H and O–H groups in total. The van der Waals surface area contributed by atoms with Crippen LogP contribution in [0.5, 0.6) is 0 Å². The van der Waals surface area contributed by atoms with Crippen LogP contribution in [0.3, 0.4) is 0 Å². The average molecular weight is 512 g/mol. The second-order valence-corrected chi connectivity index (χ2v) is 13.5. The van der Waals surface area contributed by atoms with E-state index in [0.717, 1.165) is 50.3 Å². The van der Waals surface area contributed by atoms with Gasteiger partial charge in [0.05, 0.1) is 18.4 Å². The molecule has 202 valence electrons. The van der Waals surface area contributed by atoms with Gasteiger partial charge in [-0.1, -0.05) is 13.8 Å². The van der Waals surface area contributed by atoms with E-state index in [-0.39, 0.29) is 16.2 Å². The number of ether oxygens (including phenoxy) is 1. The first kappa shape index (κ1) is 25.4. The maximum Gasteiger partial charge on any atom is 0.213 e. The standard InChI is InChI=1S/C30H42FN3O3/c1-27-10-11-30(36,19-37-3)15-21(27)4-5-22-23(27)6-8-28(2)24(22)7-9-29(28,18-35)12-13-34-17-20-14-26(31)32-16-25(20)33-34/h14,16-18,21-24,36H,4-13,15,19H2,1-3H3/t21-,22+,23-,24-,27-,28-,29-,30+/m0/s1. The van der Waals surface area contributed by atoms with Crippen LogP contribution < -0.4 is 0 Å². The fraction of sp³-hybridized carbons (Fsp3) is 0.767. The van der Waals surface area contributed by atoms with Gasteiger partial charge in [-0.05, 0) is 98.7 Å². The van der Waals surface area contributed by atoms with Crippen LogP contribution in [-0.4, -0.2) is 45.5 Å². The number of aromatic nitrogens is 3. The number of carbonyl (C=O) groups excluding carboxylic acids is 1. The molecule has 0 amide bonds. The second kappa shape index (κ2) is 8.84. The molecule has 8 atom stereocenters. The van der Waals surface area contributed by atoms with E-state index in [9.17, 15) is 14.3 Å². The van der Waals surface area contributed by atoms with Gasteiger partial charge in [-0.3, -0.25) is 4.68 Å². The Labute approximate surface area is 219 Å². The normalized spacial score (nSPS) is 43.3. The number of aldehydes is 1. The maximum absolute atomic E-state index is 13.6. The Bertz CT molecular complexity index is 1190. The zero-order valence-electron chi connectivity index (χ0n) is 22.6. The third kappa shape index (κ3) is 3.82. The van der Waals surface area contributed by atoms with E-state index in [1.165, 1.54) is 37.8 Å². The van der Waals surface area contributed by atoms with Crippen molar-refractivity contribution < 1.29 is 19.0 Å². The molecule has 4 fully saturated rings. The van der Waals surface area contributed by atoms with Crippen molar-refractivity contribution in [1.29, 1.82) is 0 Å². The summed E-state index contributed by atoms with van der Waals surface area (Å²) in [4.78, 5) is 16.6. The van der Waals surface area contributed by atoms with E-state index < -0.39 is 11.5 Å². The lowest BCUT2D eigenvalue weighted by Gasteiger charge is -2.62. The zero-order valence-corrected chi connectivity index (χ0v) is 22.6. The van der Waals surface area contributed by atoms with E-state index >= 15 is 0 Å². The predicted octanol–water partition coefficient (Wildman–Crippen LogP) is 5.57. The SMILES string of the molecule is COC[C@@]1(O)CC[C@@]2(C)[C@@H](CC[C@@H]3[C@@H]2CC[C@@]2(C)[C@H]3CC[C@@]2(C=O)CCn2cc3cc(F)ncc3n2)C1. The van der Waals surface area contributed by atoms with Crippen LogP contribution >= 0.6 is 0 Å². The Morgan fingerprint density at radius 2 is 1.97 bits per heavy atom. The number of carbonyl (C=O) groups is 1. The average Bonchev–Trinajstić information content (AvgIpc) is 3.41. The number of hydrogen-bond acceptors (Lipinski definition) is 5. The fourth-order valence-electron chi connectivity index (χ4n) is 9.93. The molecule has 2 heterocycles. The summed E-state index contributed by atoms with van der Waals surface area (Å²) in [6, 6.07) is 1.42. The zero-order chi connectivity index (χ0) is 26.1. The minimum absolute atomic E-state index is 0.00477. The Morgan fingerprint density at radius 3 is 2.76 bits per heavy atom. The fourth-order valence-corrected chi connectivity index (χ4v) is 9.93. The van der Waals surface area contributed by atoms with Crippen LogP contribution in [0.1, 0.15) is 78.1 Å². The Hall–Kier alpha value is -1.86. The highest BCUT2D eigenvalue weighted by molar-refractivity contribution is 5.76. The third-order valence-electron chi connectivity index (χ3n) is 12.1. The molecule has 6 nitrogen and oxygen atoms in total.